The third kappa shape index (κ3) is 3.12. The largest absolute Gasteiger partial charge is 0.444 e. The van der Waals surface area contributed by atoms with Crippen molar-refractivity contribution in [3.63, 3.8) is 0 Å². The molecule has 0 fully saturated rings. The highest BCUT2D eigenvalue weighted by molar-refractivity contribution is 7.80. The number of thiocarbonyl (C=S) groups is 1. The van der Waals surface area contributed by atoms with Gasteiger partial charge in [0.15, 0.2) is 0 Å². The van der Waals surface area contributed by atoms with Gasteiger partial charge in [0.25, 0.3) is 0 Å². The highest BCUT2D eigenvalue weighted by Crippen LogP contribution is 2.21. The number of nitrogens with two attached hydrogens (primary N) is 1. The smallest absolute Gasteiger partial charge is 0.213 e. The number of hydrogen-bond donors (Lipinski definition) is 2. The summed E-state index contributed by atoms with van der Waals surface area (Å²) in [6.07, 6.45) is 2.60. The second-order valence-electron chi connectivity index (χ2n) is 4.29. The van der Waals surface area contributed by atoms with E-state index in [1.165, 1.54) is 0 Å². The Bertz CT molecular complexity index is 592. The molecule has 0 aliphatic heterocycles. The van der Waals surface area contributed by atoms with Crippen LogP contribution in [0.1, 0.15) is 29.7 Å². The molecule has 0 bridgehead atoms. The van der Waals surface area contributed by atoms with Gasteiger partial charge in [0.05, 0.1) is 12.7 Å². The lowest BCUT2D eigenvalue weighted by molar-refractivity contribution is 0.466. The van der Waals surface area contributed by atoms with Crippen molar-refractivity contribution in [3.8, 4) is 0 Å². The third-order valence-electron chi connectivity index (χ3n) is 2.90. The molecule has 4 nitrogen and oxygen atoms in total. The van der Waals surface area contributed by atoms with Crippen LogP contribution in [0.5, 0.6) is 0 Å². The fourth-order valence-electron chi connectivity index (χ4n) is 1.86. The number of benzene rings is 1. The minimum absolute atomic E-state index is 0.382. The van der Waals surface area contributed by atoms with Crippen molar-refractivity contribution < 1.29 is 4.42 Å². The van der Waals surface area contributed by atoms with Gasteiger partial charge in [-0.15, -0.1) is 0 Å². The highest BCUT2D eigenvalue weighted by atomic mass is 32.1. The van der Waals surface area contributed by atoms with E-state index < -0.39 is 0 Å². The van der Waals surface area contributed by atoms with Crippen LogP contribution >= 0.6 is 12.2 Å². The Morgan fingerprint density at radius 1 is 1.47 bits per heavy atom. The summed E-state index contributed by atoms with van der Waals surface area (Å²) in [5, 5.41) is 3.29. The summed E-state index contributed by atoms with van der Waals surface area (Å²) in [6.45, 7) is 4.56. The molecular formula is C14H17N3OS. The second kappa shape index (κ2) is 5.84. The topological polar surface area (TPSA) is 64.1 Å². The van der Waals surface area contributed by atoms with Gasteiger partial charge in [-0.25, -0.2) is 4.98 Å². The van der Waals surface area contributed by atoms with Crippen LogP contribution in [0, 0.1) is 6.92 Å². The van der Waals surface area contributed by atoms with Crippen molar-refractivity contribution in [2.45, 2.75) is 26.8 Å². The van der Waals surface area contributed by atoms with Crippen molar-refractivity contribution in [3.05, 3.63) is 47.2 Å². The molecule has 0 aliphatic carbocycles. The van der Waals surface area contributed by atoms with E-state index in [0.717, 1.165) is 29.0 Å². The summed E-state index contributed by atoms with van der Waals surface area (Å²) >= 11 is 5.06. The van der Waals surface area contributed by atoms with Gasteiger partial charge in [0.1, 0.15) is 10.7 Å². The summed E-state index contributed by atoms with van der Waals surface area (Å²) in [5.74, 6) is 1.55. The van der Waals surface area contributed by atoms with E-state index in [1.807, 2.05) is 32.0 Å². The molecule has 0 saturated heterocycles. The molecule has 19 heavy (non-hydrogen) atoms. The number of hydrogen-bond acceptors (Lipinski definition) is 4. The maximum absolute atomic E-state index is 5.73. The average molecular weight is 275 g/mol. The summed E-state index contributed by atoms with van der Waals surface area (Å²) in [7, 11) is 0. The molecule has 0 aliphatic rings. The zero-order valence-electron chi connectivity index (χ0n) is 11.1. The number of para-hydroxylation sites is 1. The van der Waals surface area contributed by atoms with Gasteiger partial charge >= 0.3 is 0 Å². The van der Waals surface area contributed by atoms with E-state index in [2.05, 4.69) is 10.3 Å². The quantitative estimate of drug-likeness (QED) is 0.821. The van der Waals surface area contributed by atoms with E-state index in [9.17, 15) is 0 Å². The second-order valence-corrected chi connectivity index (χ2v) is 4.73. The SMILES string of the molecule is CCc1cnc(CNc2c(C)cccc2C(N)=S)o1. The number of oxazole rings is 1. The summed E-state index contributed by atoms with van der Waals surface area (Å²) in [4.78, 5) is 4.60. The van der Waals surface area contributed by atoms with Gasteiger partial charge in [0, 0.05) is 17.7 Å². The summed E-state index contributed by atoms with van der Waals surface area (Å²) < 4.78 is 5.56. The molecule has 100 valence electrons. The zero-order valence-corrected chi connectivity index (χ0v) is 11.9. The lowest BCUT2D eigenvalue weighted by atomic mass is 10.1. The molecule has 0 amide bonds. The van der Waals surface area contributed by atoms with Gasteiger partial charge < -0.3 is 15.5 Å². The molecule has 0 saturated carbocycles. The molecular weight excluding hydrogens is 258 g/mol. The molecule has 0 radical (unpaired) electrons. The molecule has 3 N–H and O–H groups in total. The van der Waals surface area contributed by atoms with Gasteiger partial charge in [-0.05, 0) is 18.6 Å². The Labute approximate surface area is 118 Å². The lowest BCUT2D eigenvalue weighted by Crippen LogP contribution is -2.14. The number of aryl methyl sites for hydroxylation is 2. The normalized spacial score (nSPS) is 10.4. The predicted octanol–water partition coefficient (Wildman–Crippen LogP) is 2.79. The Hall–Kier alpha value is -1.88. The van der Waals surface area contributed by atoms with Gasteiger partial charge in [-0.2, -0.15) is 0 Å². The Kier molecular flexibility index (Phi) is 4.16. The number of aromatic nitrogens is 1. The Morgan fingerprint density at radius 3 is 2.89 bits per heavy atom. The highest BCUT2D eigenvalue weighted by Gasteiger charge is 2.09. The maximum Gasteiger partial charge on any atom is 0.213 e. The molecule has 0 unspecified atom stereocenters. The summed E-state index contributed by atoms with van der Waals surface area (Å²) in [6, 6.07) is 5.86. The average Bonchev–Trinajstić information content (AvgIpc) is 2.85. The molecule has 1 aromatic carbocycles. The van der Waals surface area contributed by atoms with Crippen molar-refractivity contribution in [1.82, 2.24) is 4.98 Å². The van der Waals surface area contributed by atoms with E-state index >= 15 is 0 Å². The van der Waals surface area contributed by atoms with Crippen molar-refractivity contribution in [2.24, 2.45) is 5.73 Å². The number of rotatable bonds is 5. The molecule has 1 aromatic heterocycles. The standard InChI is InChI=1S/C14H17N3OS/c1-3-10-7-16-12(18-10)8-17-13-9(2)5-4-6-11(13)14(15)19/h4-7,17H,3,8H2,1-2H3,(H2,15,19). The van der Waals surface area contributed by atoms with Gasteiger partial charge in [-0.3, -0.25) is 0 Å². The first kappa shape index (κ1) is 13.5. The third-order valence-corrected chi connectivity index (χ3v) is 3.12. The predicted molar refractivity (Wildman–Crippen MR) is 80.3 cm³/mol. The minimum atomic E-state index is 0.382. The van der Waals surface area contributed by atoms with Crippen molar-refractivity contribution in [1.29, 1.82) is 0 Å². The van der Waals surface area contributed by atoms with E-state index in [-0.39, 0.29) is 0 Å². The molecule has 2 rings (SSSR count). The fraction of sp³-hybridized carbons (Fsp3) is 0.286. The van der Waals surface area contributed by atoms with Gasteiger partial charge in [0.2, 0.25) is 5.89 Å². The summed E-state index contributed by atoms with van der Waals surface area (Å²) in [5.41, 5.74) is 8.60. The number of anilines is 1. The van der Waals surface area contributed by atoms with Gasteiger partial charge in [-0.1, -0.05) is 31.3 Å². The van der Waals surface area contributed by atoms with Crippen LogP contribution in [-0.2, 0) is 13.0 Å². The van der Waals surface area contributed by atoms with E-state index in [4.69, 9.17) is 22.4 Å². The van der Waals surface area contributed by atoms with Crippen LogP contribution in [0.2, 0.25) is 0 Å². The molecule has 1 heterocycles. The Morgan fingerprint density at radius 2 is 2.26 bits per heavy atom. The van der Waals surface area contributed by atoms with Crippen molar-refractivity contribution in [2.75, 3.05) is 5.32 Å². The number of nitrogens with one attached hydrogen (secondary N) is 1. The van der Waals surface area contributed by atoms with Crippen molar-refractivity contribution >= 4 is 22.9 Å². The monoisotopic (exact) mass is 275 g/mol. The van der Waals surface area contributed by atoms with E-state index in [0.29, 0.717) is 17.4 Å². The minimum Gasteiger partial charge on any atom is -0.444 e. The molecule has 0 spiro atoms. The zero-order chi connectivity index (χ0) is 13.8. The number of nitrogens with zero attached hydrogens (tertiary/aromatic N) is 1. The Balaban J connectivity index is 2.17. The fourth-order valence-corrected chi connectivity index (χ4v) is 2.04. The first-order valence-corrected chi connectivity index (χ1v) is 6.59. The van der Waals surface area contributed by atoms with Crippen LogP contribution < -0.4 is 11.1 Å². The van der Waals surface area contributed by atoms with Crippen LogP contribution in [-0.4, -0.2) is 9.97 Å². The first-order chi connectivity index (χ1) is 9.11. The van der Waals surface area contributed by atoms with Crippen LogP contribution in [0.3, 0.4) is 0 Å². The maximum atomic E-state index is 5.73. The van der Waals surface area contributed by atoms with Crippen LogP contribution in [0.15, 0.2) is 28.8 Å². The van der Waals surface area contributed by atoms with E-state index in [1.54, 1.807) is 6.20 Å². The first-order valence-electron chi connectivity index (χ1n) is 6.18. The molecule has 2 aromatic rings. The lowest BCUT2D eigenvalue weighted by Gasteiger charge is -2.12. The van der Waals surface area contributed by atoms with Crippen LogP contribution in [0.25, 0.3) is 0 Å². The van der Waals surface area contributed by atoms with Crippen LogP contribution in [0.4, 0.5) is 5.69 Å². The molecule has 5 heteroatoms. The molecule has 0 atom stereocenters.